The fourth-order valence-corrected chi connectivity index (χ4v) is 4.55. The summed E-state index contributed by atoms with van der Waals surface area (Å²) in [7, 11) is 1.41. The number of carbonyl (C=O) groups is 2. The molecule has 0 fully saturated rings. The number of nitrogens with zero attached hydrogens (tertiary/aromatic N) is 1. The lowest BCUT2D eigenvalue weighted by atomic mass is 10.2. The number of halogens is 1. The Morgan fingerprint density at radius 3 is 2.66 bits per heavy atom. The van der Waals surface area contributed by atoms with Gasteiger partial charge in [-0.05, 0) is 32.0 Å². The van der Waals surface area contributed by atoms with Gasteiger partial charge in [0.2, 0.25) is 0 Å². The molecule has 2 aromatic heterocycles. The second-order valence-corrected chi connectivity index (χ2v) is 8.79. The minimum absolute atomic E-state index is 0.125. The highest BCUT2D eigenvalue weighted by Gasteiger charge is 2.18. The first-order valence-corrected chi connectivity index (χ1v) is 10.5. The van der Waals surface area contributed by atoms with Gasteiger partial charge in [0.1, 0.15) is 0 Å². The summed E-state index contributed by atoms with van der Waals surface area (Å²) in [4.78, 5) is 30.5. The molecule has 3 aromatic rings. The SMILES string of the molecule is COc1cc(C(=O)Nc2nc(-c3cc(C)sc3C)cs2)cc(Cl)c1OCC(N)=O. The summed E-state index contributed by atoms with van der Waals surface area (Å²) in [5.74, 6) is -0.691. The number of anilines is 1. The Bertz CT molecular complexity index is 1080. The molecule has 0 atom stereocenters. The number of nitrogens with two attached hydrogens (primary N) is 1. The van der Waals surface area contributed by atoms with Gasteiger partial charge in [0.05, 0.1) is 17.8 Å². The van der Waals surface area contributed by atoms with Crippen LogP contribution in [0.3, 0.4) is 0 Å². The average Bonchev–Trinajstić information content (AvgIpc) is 3.25. The summed E-state index contributed by atoms with van der Waals surface area (Å²) >= 11 is 9.24. The highest BCUT2D eigenvalue weighted by Crippen LogP contribution is 2.37. The first-order chi connectivity index (χ1) is 13.8. The van der Waals surface area contributed by atoms with E-state index in [1.54, 1.807) is 11.3 Å². The number of aromatic nitrogens is 1. The molecule has 0 saturated heterocycles. The minimum atomic E-state index is -0.652. The zero-order valence-corrected chi connectivity index (χ0v) is 18.3. The number of methoxy groups -OCH3 is 1. The van der Waals surface area contributed by atoms with E-state index in [0.29, 0.717) is 5.13 Å². The second kappa shape index (κ2) is 8.81. The van der Waals surface area contributed by atoms with Crippen molar-refractivity contribution >= 4 is 51.2 Å². The van der Waals surface area contributed by atoms with Gasteiger partial charge in [-0.15, -0.1) is 22.7 Å². The molecule has 0 unspecified atom stereocenters. The van der Waals surface area contributed by atoms with Gasteiger partial charge >= 0.3 is 0 Å². The lowest BCUT2D eigenvalue weighted by molar-refractivity contribution is -0.119. The molecule has 3 rings (SSSR count). The Morgan fingerprint density at radius 1 is 1.28 bits per heavy atom. The van der Waals surface area contributed by atoms with E-state index in [9.17, 15) is 9.59 Å². The quantitative estimate of drug-likeness (QED) is 0.558. The molecule has 0 spiro atoms. The molecule has 2 amide bonds. The first kappa shape index (κ1) is 21.1. The van der Waals surface area contributed by atoms with Crippen LogP contribution < -0.4 is 20.5 Å². The Morgan fingerprint density at radius 2 is 2.03 bits per heavy atom. The summed E-state index contributed by atoms with van der Waals surface area (Å²) < 4.78 is 10.5. The summed E-state index contributed by atoms with van der Waals surface area (Å²) in [6, 6.07) is 4.98. The van der Waals surface area contributed by atoms with Crippen LogP contribution in [-0.4, -0.2) is 30.5 Å². The predicted octanol–water partition coefficient (Wildman–Crippen LogP) is 4.27. The van der Waals surface area contributed by atoms with Crippen molar-refractivity contribution in [1.29, 1.82) is 0 Å². The van der Waals surface area contributed by atoms with E-state index in [2.05, 4.69) is 16.4 Å². The van der Waals surface area contributed by atoms with E-state index in [0.717, 1.165) is 11.3 Å². The number of thiophene rings is 1. The average molecular weight is 452 g/mol. The van der Waals surface area contributed by atoms with Crippen LogP contribution in [0.2, 0.25) is 5.02 Å². The molecule has 3 N–H and O–H groups in total. The van der Waals surface area contributed by atoms with E-state index in [1.165, 1.54) is 40.3 Å². The number of nitrogens with one attached hydrogen (secondary N) is 1. The van der Waals surface area contributed by atoms with Gasteiger partial charge in [-0.25, -0.2) is 4.98 Å². The van der Waals surface area contributed by atoms with Crippen molar-refractivity contribution in [2.75, 3.05) is 19.0 Å². The fraction of sp³-hybridized carbons (Fsp3) is 0.211. The van der Waals surface area contributed by atoms with Crippen molar-refractivity contribution in [2.45, 2.75) is 13.8 Å². The van der Waals surface area contributed by atoms with E-state index < -0.39 is 11.8 Å². The summed E-state index contributed by atoms with van der Waals surface area (Å²) in [6.45, 7) is 3.73. The number of thiazole rings is 1. The molecule has 0 bridgehead atoms. The Hall–Kier alpha value is -2.62. The number of rotatable bonds is 7. The molecule has 0 aliphatic heterocycles. The number of hydrogen-bond acceptors (Lipinski definition) is 7. The standard InChI is InChI=1S/C19H18ClN3O4S2/c1-9-4-12(10(2)29-9)14-8-28-19(22-14)23-18(25)11-5-13(20)17(15(6-11)26-3)27-7-16(21)24/h4-6,8H,7H2,1-3H3,(H2,21,24)(H,22,23,25). The van der Waals surface area contributed by atoms with Crippen molar-refractivity contribution < 1.29 is 19.1 Å². The number of aryl methyl sites for hydroxylation is 2. The molecule has 0 radical (unpaired) electrons. The van der Waals surface area contributed by atoms with Crippen LogP contribution in [0.15, 0.2) is 23.6 Å². The van der Waals surface area contributed by atoms with Crippen molar-refractivity contribution in [3.05, 3.63) is 43.9 Å². The Labute approximate surface area is 180 Å². The smallest absolute Gasteiger partial charge is 0.257 e. The summed E-state index contributed by atoms with van der Waals surface area (Å²) in [5.41, 5.74) is 7.22. The number of ether oxygens (including phenoxy) is 2. The maximum Gasteiger partial charge on any atom is 0.257 e. The molecule has 29 heavy (non-hydrogen) atoms. The molecule has 7 nitrogen and oxygen atoms in total. The molecule has 10 heteroatoms. The third-order valence-corrected chi connectivity index (χ3v) is 5.90. The monoisotopic (exact) mass is 451 g/mol. The van der Waals surface area contributed by atoms with Crippen LogP contribution in [0.25, 0.3) is 11.3 Å². The van der Waals surface area contributed by atoms with Crippen LogP contribution in [0.4, 0.5) is 5.13 Å². The number of primary amides is 1. The summed E-state index contributed by atoms with van der Waals surface area (Å²) in [6.07, 6.45) is 0. The van der Waals surface area contributed by atoms with E-state index in [-0.39, 0.29) is 28.7 Å². The van der Waals surface area contributed by atoms with Gasteiger partial charge in [-0.2, -0.15) is 0 Å². The third-order valence-electron chi connectivity index (χ3n) is 3.89. The predicted molar refractivity (Wildman–Crippen MR) is 116 cm³/mol. The highest BCUT2D eigenvalue weighted by atomic mass is 35.5. The maximum atomic E-state index is 12.7. The Balaban J connectivity index is 1.80. The van der Waals surface area contributed by atoms with Gasteiger partial charge in [0.25, 0.3) is 11.8 Å². The van der Waals surface area contributed by atoms with Crippen LogP contribution >= 0.6 is 34.3 Å². The highest BCUT2D eigenvalue weighted by molar-refractivity contribution is 7.14. The molecule has 0 aliphatic carbocycles. The lowest BCUT2D eigenvalue weighted by Crippen LogP contribution is -2.20. The summed E-state index contributed by atoms with van der Waals surface area (Å²) in [5, 5.41) is 5.26. The van der Waals surface area contributed by atoms with Crippen LogP contribution in [0, 0.1) is 13.8 Å². The number of amides is 2. The van der Waals surface area contributed by atoms with Crippen molar-refractivity contribution in [1.82, 2.24) is 4.98 Å². The van der Waals surface area contributed by atoms with Gasteiger partial charge < -0.3 is 15.2 Å². The first-order valence-electron chi connectivity index (χ1n) is 8.41. The zero-order valence-electron chi connectivity index (χ0n) is 15.9. The maximum absolute atomic E-state index is 12.7. The molecule has 152 valence electrons. The molecule has 0 aliphatic rings. The Kier molecular flexibility index (Phi) is 6.41. The lowest BCUT2D eigenvalue weighted by Gasteiger charge is -2.13. The number of benzene rings is 1. The largest absolute Gasteiger partial charge is 0.493 e. The molecule has 0 saturated carbocycles. The van der Waals surface area contributed by atoms with Gasteiger partial charge in [-0.3, -0.25) is 14.9 Å². The van der Waals surface area contributed by atoms with Crippen LogP contribution in [0.1, 0.15) is 20.1 Å². The van der Waals surface area contributed by atoms with E-state index in [4.69, 9.17) is 26.8 Å². The number of carbonyl (C=O) groups excluding carboxylic acids is 2. The van der Waals surface area contributed by atoms with Crippen molar-refractivity contribution in [3.8, 4) is 22.8 Å². The molecular weight excluding hydrogens is 434 g/mol. The van der Waals surface area contributed by atoms with Gasteiger partial charge in [0, 0.05) is 26.3 Å². The topological polar surface area (TPSA) is 104 Å². The molecular formula is C19H18ClN3O4S2. The van der Waals surface area contributed by atoms with E-state index >= 15 is 0 Å². The minimum Gasteiger partial charge on any atom is -0.493 e. The fourth-order valence-electron chi connectivity index (χ4n) is 2.64. The third kappa shape index (κ3) is 4.87. The molecule has 2 heterocycles. The number of hydrogen-bond donors (Lipinski definition) is 2. The zero-order chi connectivity index (χ0) is 21.1. The van der Waals surface area contributed by atoms with Crippen molar-refractivity contribution in [2.24, 2.45) is 5.73 Å². The second-order valence-electron chi connectivity index (χ2n) is 6.06. The molecule has 1 aromatic carbocycles. The van der Waals surface area contributed by atoms with Gasteiger partial charge in [0.15, 0.2) is 23.2 Å². The van der Waals surface area contributed by atoms with Gasteiger partial charge in [-0.1, -0.05) is 11.6 Å². The van der Waals surface area contributed by atoms with Crippen LogP contribution in [0.5, 0.6) is 11.5 Å². The van der Waals surface area contributed by atoms with E-state index in [1.807, 2.05) is 19.2 Å². The normalized spacial score (nSPS) is 10.6. The van der Waals surface area contributed by atoms with Crippen molar-refractivity contribution in [3.63, 3.8) is 0 Å². The van der Waals surface area contributed by atoms with Crippen LogP contribution in [-0.2, 0) is 4.79 Å².